The molecule has 0 aliphatic carbocycles. The Morgan fingerprint density at radius 2 is 2.05 bits per heavy atom. The van der Waals surface area contributed by atoms with E-state index in [2.05, 4.69) is 5.10 Å². The lowest BCUT2D eigenvalue weighted by molar-refractivity contribution is -0.184. The van der Waals surface area contributed by atoms with E-state index in [4.69, 9.17) is 5.14 Å². The minimum atomic E-state index is -4.99. The number of sulfonamides is 1. The van der Waals surface area contributed by atoms with Gasteiger partial charge in [-0.15, -0.1) is 0 Å². The molecular weight excluding hydrogens is 289 g/mol. The summed E-state index contributed by atoms with van der Waals surface area (Å²) in [7, 11) is -1.77. The number of carbonyl (C=O) groups is 1. The van der Waals surface area contributed by atoms with Crippen LogP contribution < -0.4 is 5.14 Å². The molecule has 2 N–H and O–H groups in total. The molecule has 1 aromatic heterocycles. The van der Waals surface area contributed by atoms with Crippen LogP contribution in [0.25, 0.3) is 0 Å². The van der Waals surface area contributed by atoms with Crippen LogP contribution in [0.5, 0.6) is 0 Å². The lowest BCUT2D eigenvalue weighted by Crippen LogP contribution is -2.38. The van der Waals surface area contributed by atoms with Gasteiger partial charge in [-0.1, -0.05) is 0 Å². The number of aryl methyl sites for hydroxylation is 1. The fourth-order valence-corrected chi connectivity index (χ4v) is 1.83. The Morgan fingerprint density at radius 3 is 2.42 bits per heavy atom. The molecule has 0 aliphatic heterocycles. The summed E-state index contributed by atoms with van der Waals surface area (Å²) in [5.74, 6) is -2.04. The van der Waals surface area contributed by atoms with Gasteiger partial charge in [-0.2, -0.15) is 18.3 Å². The average Bonchev–Trinajstić information content (AvgIpc) is 2.57. The molecule has 0 radical (unpaired) electrons. The van der Waals surface area contributed by atoms with E-state index in [0.717, 1.165) is 17.8 Å². The molecule has 1 aromatic rings. The Labute approximate surface area is 106 Å². The average molecular weight is 300 g/mol. The van der Waals surface area contributed by atoms with E-state index >= 15 is 0 Å². The van der Waals surface area contributed by atoms with Gasteiger partial charge in [-0.3, -0.25) is 9.48 Å². The van der Waals surface area contributed by atoms with E-state index in [1.54, 1.807) is 0 Å². The minimum Gasteiger partial charge on any atom is -0.332 e. The second kappa shape index (κ2) is 4.81. The van der Waals surface area contributed by atoms with Crippen molar-refractivity contribution in [1.29, 1.82) is 0 Å². The third-order valence-electron chi connectivity index (χ3n) is 2.23. The van der Waals surface area contributed by atoms with Crippen molar-refractivity contribution in [2.75, 3.05) is 7.05 Å². The normalized spacial score (nSPS) is 12.5. The first-order valence-corrected chi connectivity index (χ1v) is 6.35. The van der Waals surface area contributed by atoms with Crippen LogP contribution in [0.2, 0.25) is 0 Å². The zero-order valence-corrected chi connectivity index (χ0v) is 10.8. The zero-order chi connectivity index (χ0) is 15.0. The summed E-state index contributed by atoms with van der Waals surface area (Å²) in [6, 6.07) is 1.01. The maximum Gasteiger partial charge on any atom is 0.471 e. The molecule has 7 nitrogen and oxygen atoms in total. The second-order valence-electron chi connectivity index (χ2n) is 3.80. The Balaban J connectivity index is 2.96. The van der Waals surface area contributed by atoms with Gasteiger partial charge in [-0.25, -0.2) is 13.6 Å². The number of nitrogens with zero attached hydrogens (tertiary/aromatic N) is 3. The summed E-state index contributed by atoms with van der Waals surface area (Å²) >= 11 is 0. The topological polar surface area (TPSA) is 98.3 Å². The van der Waals surface area contributed by atoms with Crippen molar-refractivity contribution in [3.8, 4) is 0 Å². The van der Waals surface area contributed by atoms with Crippen molar-refractivity contribution in [2.24, 2.45) is 12.2 Å². The molecule has 0 unspecified atom stereocenters. The Morgan fingerprint density at radius 1 is 1.53 bits per heavy atom. The molecule has 0 atom stereocenters. The molecule has 108 valence electrons. The maximum atomic E-state index is 12.2. The van der Waals surface area contributed by atoms with Crippen molar-refractivity contribution >= 4 is 15.9 Å². The number of carbonyl (C=O) groups excluding carboxylic acids is 1. The summed E-state index contributed by atoms with van der Waals surface area (Å²) in [5, 5.41) is 7.90. The monoisotopic (exact) mass is 300 g/mol. The summed E-state index contributed by atoms with van der Waals surface area (Å²) in [4.78, 5) is 11.3. The minimum absolute atomic E-state index is 0.101. The van der Waals surface area contributed by atoms with Gasteiger partial charge in [0.25, 0.3) is 10.0 Å². The van der Waals surface area contributed by atoms with Gasteiger partial charge in [0.15, 0.2) is 5.03 Å². The van der Waals surface area contributed by atoms with E-state index in [1.807, 2.05) is 0 Å². The van der Waals surface area contributed by atoms with Gasteiger partial charge < -0.3 is 4.90 Å². The van der Waals surface area contributed by atoms with Crippen molar-refractivity contribution in [3.05, 3.63) is 11.8 Å². The summed E-state index contributed by atoms with van der Waals surface area (Å²) in [6.45, 7) is -0.447. The van der Waals surface area contributed by atoms with Gasteiger partial charge >= 0.3 is 12.1 Å². The highest BCUT2D eigenvalue weighted by Gasteiger charge is 2.41. The number of amides is 1. The van der Waals surface area contributed by atoms with Crippen LogP contribution in [0.4, 0.5) is 13.2 Å². The van der Waals surface area contributed by atoms with Crippen molar-refractivity contribution in [1.82, 2.24) is 14.7 Å². The highest BCUT2D eigenvalue weighted by Crippen LogP contribution is 2.19. The first-order chi connectivity index (χ1) is 8.43. The number of nitrogens with two attached hydrogens (primary N) is 1. The van der Waals surface area contributed by atoms with Crippen LogP contribution >= 0.6 is 0 Å². The molecule has 11 heteroatoms. The van der Waals surface area contributed by atoms with E-state index in [0.29, 0.717) is 4.90 Å². The third kappa shape index (κ3) is 3.67. The van der Waals surface area contributed by atoms with Crippen LogP contribution in [0.1, 0.15) is 5.69 Å². The van der Waals surface area contributed by atoms with Crippen LogP contribution in [0.3, 0.4) is 0 Å². The molecule has 1 rings (SSSR count). The van der Waals surface area contributed by atoms with E-state index < -0.39 is 33.7 Å². The molecule has 0 saturated carbocycles. The number of aromatic nitrogens is 2. The quantitative estimate of drug-likeness (QED) is 0.820. The SMILES string of the molecule is CN(Cc1cc(S(N)(=O)=O)nn1C)C(=O)C(F)(F)F. The standard InChI is InChI=1S/C8H11F3N4O3S/c1-14(7(16)8(9,10)11)4-5-3-6(13-15(5)2)19(12,17)18/h3H,4H2,1-2H3,(H2,12,17,18). The number of hydrogen-bond acceptors (Lipinski definition) is 4. The fourth-order valence-electron chi connectivity index (χ4n) is 1.30. The van der Waals surface area contributed by atoms with Gasteiger partial charge in [0, 0.05) is 20.2 Å². The van der Waals surface area contributed by atoms with Crippen molar-refractivity contribution in [2.45, 2.75) is 17.7 Å². The fraction of sp³-hybridized carbons (Fsp3) is 0.500. The highest BCUT2D eigenvalue weighted by molar-refractivity contribution is 7.89. The molecule has 0 fully saturated rings. The Hall–Kier alpha value is -1.62. The smallest absolute Gasteiger partial charge is 0.332 e. The van der Waals surface area contributed by atoms with Gasteiger partial charge in [-0.05, 0) is 0 Å². The van der Waals surface area contributed by atoms with E-state index in [9.17, 15) is 26.4 Å². The van der Waals surface area contributed by atoms with Crippen LogP contribution in [0.15, 0.2) is 11.1 Å². The van der Waals surface area contributed by atoms with E-state index in [1.165, 1.54) is 7.05 Å². The van der Waals surface area contributed by atoms with Crippen molar-refractivity contribution in [3.63, 3.8) is 0 Å². The van der Waals surface area contributed by atoms with Gasteiger partial charge in [0.1, 0.15) is 0 Å². The molecule has 0 spiro atoms. The first-order valence-electron chi connectivity index (χ1n) is 4.81. The van der Waals surface area contributed by atoms with Crippen LogP contribution in [-0.4, -0.2) is 42.2 Å². The van der Waals surface area contributed by atoms with Crippen molar-refractivity contribution < 1.29 is 26.4 Å². The second-order valence-corrected chi connectivity index (χ2v) is 5.31. The number of rotatable bonds is 3. The summed E-state index contributed by atoms with van der Waals surface area (Å²) < 4.78 is 59.6. The third-order valence-corrected chi connectivity index (χ3v) is 3.02. The predicted molar refractivity (Wildman–Crippen MR) is 57.1 cm³/mol. The molecule has 1 heterocycles. The largest absolute Gasteiger partial charge is 0.471 e. The molecule has 19 heavy (non-hydrogen) atoms. The van der Waals surface area contributed by atoms with E-state index in [-0.39, 0.29) is 5.69 Å². The summed E-state index contributed by atoms with van der Waals surface area (Å²) in [6.07, 6.45) is -4.99. The molecule has 1 amide bonds. The Kier molecular flexibility index (Phi) is 3.91. The maximum absolute atomic E-state index is 12.2. The first kappa shape index (κ1) is 15.4. The predicted octanol–water partition coefficient (Wildman–Crippen LogP) is -0.412. The van der Waals surface area contributed by atoms with Crippen LogP contribution in [-0.2, 0) is 28.4 Å². The molecule has 0 aliphatic rings. The Bertz CT molecular complexity index is 593. The molecule has 0 saturated heterocycles. The lowest BCUT2D eigenvalue weighted by atomic mass is 10.4. The molecule has 0 bridgehead atoms. The summed E-state index contributed by atoms with van der Waals surface area (Å²) in [5.41, 5.74) is 0.101. The molecule has 0 aromatic carbocycles. The lowest BCUT2D eigenvalue weighted by Gasteiger charge is -2.18. The zero-order valence-electron chi connectivity index (χ0n) is 9.97. The number of primary sulfonamides is 1. The number of alkyl halides is 3. The molecular formula is C8H11F3N4O3S. The van der Waals surface area contributed by atoms with Gasteiger partial charge in [0.05, 0.1) is 12.2 Å². The van der Waals surface area contributed by atoms with Crippen LogP contribution in [0, 0.1) is 0 Å². The van der Waals surface area contributed by atoms with Gasteiger partial charge in [0.2, 0.25) is 0 Å². The highest BCUT2D eigenvalue weighted by atomic mass is 32.2. The number of halogens is 3. The number of hydrogen-bond donors (Lipinski definition) is 1.